The Morgan fingerprint density at radius 2 is 1.95 bits per heavy atom. The molecule has 0 saturated heterocycles. The minimum absolute atomic E-state index is 0.150. The number of aryl methyl sites for hydroxylation is 1. The fraction of sp³-hybridized carbons (Fsp3) is 0.367. The molecule has 222 valence electrons. The Balaban J connectivity index is 1.59. The molecule has 4 rings (SSSR count). The Labute approximate surface area is 243 Å². The molecule has 2 aromatic carbocycles. The molecule has 0 aliphatic carbocycles. The number of benzene rings is 2. The van der Waals surface area contributed by atoms with E-state index in [1.54, 1.807) is 25.1 Å². The third kappa shape index (κ3) is 7.27. The SMILES string of the molecule is C#C[C@@]1(CO[P@](=O)(N[C@@H](C)C(=O)OCC(C)(C)C)Oc2cccc3ccccc23)C=C[C@H](n2cc(C)c(=O)[nH]c2=O)O1. The second-order valence-corrected chi connectivity index (χ2v) is 12.9. The number of ether oxygens (including phenoxy) is 2. The van der Waals surface area contributed by atoms with Crippen molar-refractivity contribution in [1.29, 1.82) is 0 Å². The molecule has 0 spiro atoms. The van der Waals surface area contributed by atoms with Crippen molar-refractivity contribution < 1.29 is 27.9 Å². The van der Waals surface area contributed by atoms with Gasteiger partial charge in [0.05, 0.1) is 6.61 Å². The lowest BCUT2D eigenvalue weighted by Crippen LogP contribution is -2.39. The monoisotopic (exact) mass is 595 g/mol. The molecule has 1 aromatic heterocycles. The lowest BCUT2D eigenvalue weighted by molar-refractivity contribution is -0.148. The summed E-state index contributed by atoms with van der Waals surface area (Å²) >= 11 is 0. The zero-order chi connectivity index (χ0) is 30.7. The fourth-order valence-electron chi connectivity index (χ4n) is 4.04. The number of H-pyrrole nitrogens is 1. The standard InChI is InChI=1S/C30H34N3O8P/c1-7-30(16-15-25(40-30)33-17-20(2)26(34)31-28(33)36)19-39-42(37,32-21(3)27(35)38-18-29(4,5)6)41-24-14-10-12-22-11-8-9-13-23(22)24/h1,8-17,21,25H,18-19H2,2-6H3,(H,32,37)(H,31,34,36)/t21-,25+,30-,42+/m0/s1. The third-order valence-corrected chi connectivity index (χ3v) is 7.90. The van der Waals surface area contributed by atoms with Crippen molar-refractivity contribution in [3.05, 3.63) is 87.2 Å². The number of hydrogen-bond acceptors (Lipinski definition) is 8. The van der Waals surface area contributed by atoms with Crippen LogP contribution in [0.1, 0.15) is 39.5 Å². The lowest BCUT2D eigenvalue weighted by Gasteiger charge is -2.28. The summed E-state index contributed by atoms with van der Waals surface area (Å²) in [6, 6.07) is 11.5. The summed E-state index contributed by atoms with van der Waals surface area (Å²) in [5, 5.41) is 4.18. The Morgan fingerprint density at radius 3 is 2.67 bits per heavy atom. The van der Waals surface area contributed by atoms with Gasteiger partial charge in [0.15, 0.2) is 11.8 Å². The number of nitrogens with zero attached hydrogens (tertiary/aromatic N) is 1. The Hall–Kier alpha value is -3.94. The van der Waals surface area contributed by atoms with E-state index in [2.05, 4.69) is 16.0 Å². The second-order valence-electron chi connectivity index (χ2n) is 11.2. The number of rotatable bonds is 10. The van der Waals surface area contributed by atoms with Gasteiger partial charge in [0, 0.05) is 17.1 Å². The van der Waals surface area contributed by atoms with Crippen molar-refractivity contribution in [2.24, 2.45) is 5.41 Å². The molecule has 3 aromatic rings. The first-order chi connectivity index (χ1) is 19.7. The van der Waals surface area contributed by atoms with Crippen LogP contribution in [-0.2, 0) is 23.4 Å². The summed E-state index contributed by atoms with van der Waals surface area (Å²) in [7, 11) is -4.32. The highest BCUT2D eigenvalue weighted by molar-refractivity contribution is 7.52. The van der Waals surface area contributed by atoms with Gasteiger partial charge >= 0.3 is 19.4 Å². The molecule has 0 radical (unpaired) electrons. The first kappa shape index (κ1) is 31.0. The van der Waals surface area contributed by atoms with E-state index in [4.69, 9.17) is 24.9 Å². The van der Waals surface area contributed by atoms with Gasteiger partial charge in [-0.2, -0.15) is 5.09 Å². The largest absolute Gasteiger partial charge is 0.464 e. The Morgan fingerprint density at radius 1 is 1.24 bits per heavy atom. The van der Waals surface area contributed by atoms with Crippen LogP contribution >= 0.6 is 7.75 Å². The molecule has 0 amide bonds. The average Bonchev–Trinajstić information content (AvgIpc) is 3.37. The van der Waals surface area contributed by atoms with Gasteiger partial charge in [-0.3, -0.25) is 23.7 Å². The molecule has 1 aliphatic rings. The van der Waals surface area contributed by atoms with Crippen LogP contribution in [0.3, 0.4) is 0 Å². The highest BCUT2D eigenvalue weighted by Gasteiger charge is 2.41. The highest BCUT2D eigenvalue weighted by Crippen LogP contribution is 2.48. The summed E-state index contributed by atoms with van der Waals surface area (Å²) in [5.41, 5.74) is -2.74. The first-order valence-corrected chi connectivity index (χ1v) is 14.8. The predicted octanol–water partition coefficient (Wildman–Crippen LogP) is 4.23. The Kier molecular flexibility index (Phi) is 8.95. The van der Waals surface area contributed by atoms with Crippen molar-refractivity contribution in [2.45, 2.75) is 52.5 Å². The molecule has 11 nitrogen and oxygen atoms in total. The molecule has 0 bridgehead atoms. The summed E-state index contributed by atoms with van der Waals surface area (Å²) < 4.78 is 38.6. The van der Waals surface area contributed by atoms with Gasteiger partial charge in [0.1, 0.15) is 18.4 Å². The molecule has 0 saturated carbocycles. The van der Waals surface area contributed by atoms with Crippen molar-refractivity contribution >= 4 is 24.5 Å². The molecule has 2 N–H and O–H groups in total. The number of nitrogens with one attached hydrogen (secondary N) is 2. The maximum atomic E-state index is 14.2. The first-order valence-electron chi connectivity index (χ1n) is 13.3. The number of aromatic nitrogens is 2. The quantitative estimate of drug-likeness (QED) is 0.153. The predicted molar refractivity (Wildman–Crippen MR) is 158 cm³/mol. The van der Waals surface area contributed by atoms with Crippen LogP contribution in [0.4, 0.5) is 0 Å². The van der Waals surface area contributed by atoms with Crippen LogP contribution in [0.25, 0.3) is 10.8 Å². The average molecular weight is 596 g/mol. The molecule has 0 unspecified atom stereocenters. The summed E-state index contributed by atoms with van der Waals surface area (Å²) in [4.78, 5) is 39.2. The van der Waals surface area contributed by atoms with E-state index < -0.39 is 49.4 Å². The van der Waals surface area contributed by atoms with Crippen LogP contribution < -0.4 is 20.9 Å². The van der Waals surface area contributed by atoms with Crippen molar-refractivity contribution in [1.82, 2.24) is 14.6 Å². The number of fused-ring (bicyclic) bond motifs is 1. The molecule has 2 heterocycles. The smallest absolute Gasteiger partial charge is 0.459 e. The van der Waals surface area contributed by atoms with Gasteiger partial charge in [-0.25, -0.2) is 9.36 Å². The van der Waals surface area contributed by atoms with E-state index in [9.17, 15) is 18.9 Å². The number of hydrogen-bond donors (Lipinski definition) is 2. The molecule has 12 heteroatoms. The minimum atomic E-state index is -4.32. The van der Waals surface area contributed by atoms with Gasteiger partial charge < -0.3 is 14.0 Å². The topological polar surface area (TPSA) is 138 Å². The maximum absolute atomic E-state index is 14.2. The van der Waals surface area contributed by atoms with Gasteiger partial charge in [0.25, 0.3) is 5.56 Å². The minimum Gasteiger partial charge on any atom is -0.464 e. The molecular weight excluding hydrogens is 561 g/mol. The van der Waals surface area contributed by atoms with Crippen LogP contribution in [0.2, 0.25) is 0 Å². The van der Waals surface area contributed by atoms with Crippen LogP contribution in [0.5, 0.6) is 5.75 Å². The summed E-state index contributed by atoms with van der Waals surface area (Å²) in [5.74, 6) is 2.09. The van der Waals surface area contributed by atoms with Crippen LogP contribution in [0.15, 0.2) is 70.4 Å². The van der Waals surface area contributed by atoms with Gasteiger partial charge in [-0.05, 0) is 42.9 Å². The van der Waals surface area contributed by atoms with E-state index >= 15 is 0 Å². The van der Waals surface area contributed by atoms with Gasteiger partial charge in [-0.1, -0.05) is 63.1 Å². The zero-order valence-electron chi connectivity index (χ0n) is 24.1. The van der Waals surface area contributed by atoms with Crippen LogP contribution in [-0.4, -0.2) is 40.4 Å². The molecule has 42 heavy (non-hydrogen) atoms. The fourth-order valence-corrected chi connectivity index (χ4v) is 5.58. The number of esters is 1. The maximum Gasteiger partial charge on any atom is 0.459 e. The summed E-state index contributed by atoms with van der Waals surface area (Å²) in [6.07, 6.45) is 9.22. The zero-order valence-corrected chi connectivity index (χ0v) is 25.0. The number of aromatic amines is 1. The van der Waals surface area contributed by atoms with Crippen molar-refractivity contribution in [2.75, 3.05) is 13.2 Å². The summed E-state index contributed by atoms with van der Waals surface area (Å²) in [6.45, 7) is 8.46. The number of carbonyl (C=O) groups is 1. The Bertz CT molecular complexity index is 1710. The van der Waals surface area contributed by atoms with Crippen molar-refractivity contribution in [3.63, 3.8) is 0 Å². The molecule has 0 fully saturated rings. The van der Waals surface area contributed by atoms with Gasteiger partial charge in [0.2, 0.25) is 0 Å². The normalized spacial score (nSPS) is 20.5. The highest BCUT2D eigenvalue weighted by atomic mass is 31.2. The molecule has 1 aliphatic heterocycles. The molecule has 4 atom stereocenters. The van der Waals surface area contributed by atoms with E-state index in [-0.39, 0.29) is 17.8 Å². The number of terminal acetylenes is 1. The number of carbonyl (C=O) groups excluding carboxylic acids is 1. The third-order valence-electron chi connectivity index (χ3n) is 6.30. The van der Waals surface area contributed by atoms with Crippen LogP contribution in [0, 0.1) is 24.7 Å². The second kappa shape index (κ2) is 12.1. The van der Waals surface area contributed by atoms with E-state index in [1.807, 2.05) is 45.0 Å². The van der Waals surface area contributed by atoms with E-state index in [1.165, 1.54) is 29.8 Å². The lowest BCUT2D eigenvalue weighted by atomic mass is 9.99. The van der Waals surface area contributed by atoms with Gasteiger partial charge in [-0.15, -0.1) is 6.42 Å². The molecular formula is C30H34N3O8P. The van der Waals surface area contributed by atoms with Crippen molar-refractivity contribution in [3.8, 4) is 18.1 Å². The van der Waals surface area contributed by atoms with E-state index in [0.29, 0.717) is 10.9 Å². The van der Waals surface area contributed by atoms with E-state index in [0.717, 1.165) is 5.39 Å².